The summed E-state index contributed by atoms with van der Waals surface area (Å²) < 4.78 is 5.53. The van der Waals surface area contributed by atoms with Crippen LogP contribution in [-0.4, -0.2) is 50.8 Å². The van der Waals surface area contributed by atoms with Crippen LogP contribution in [0, 0.1) is 5.41 Å². The minimum Gasteiger partial charge on any atom is -0.381 e. The zero-order chi connectivity index (χ0) is 12.6. The lowest BCUT2D eigenvalue weighted by Crippen LogP contribution is -2.47. The van der Waals surface area contributed by atoms with Crippen LogP contribution in [-0.2, 0) is 4.74 Å². The summed E-state index contributed by atoms with van der Waals surface area (Å²) in [5, 5.41) is 3.55. The molecule has 1 fully saturated rings. The van der Waals surface area contributed by atoms with Crippen LogP contribution in [0.2, 0.25) is 0 Å². The standard InChI is InChI=1S/C14H30N2O/c1-4-9-16(6-3)13-14(12-15-5-2)7-10-17-11-8-14/h15H,4-13H2,1-3H3. The minimum absolute atomic E-state index is 0.444. The number of hydrogen-bond acceptors (Lipinski definition) is 3. The van der Waals surface area contributed by atoms with Crippen molar-refractivity contribution in [3.63, 3.8) is 0 Å². The van der Waals surface area contributed by atoms with Crippen LogP contribution in [0.25, 0.3) is 0 Å². The third-order valence-corrected chi connectivity index (χ3v) is 3.85. The third kappa shape index (κ3) is 4.94. The minimum atomic E-state index is 0.444. The lowest BCUT2D eigenvalue weighted by Gasteiger charge is -2.41. The van der Waals surface area contributed by atoms with Gasteiger partial charge in [0.2, 0.25) is 0 Å². The second-order valence-electron chi connectivity index (χ2n) is 5.26. The summed E-state index contributed by atoms with van der Waals surface area (Å²) in [5.41, 5.74) is 0.444. The van der Waals surface area contributed by atoms with Crippen LogP contribution in [0.3, 0.4) is 0 Å². The highest BCUT2D eigenvalue weighted by atomic mass is 16.5. The Morgan fingerprint density at radius 1 is 1.18 bits per heavy atom. The maximum absolute atomic E-state index is 5.53. The lowest BCUT2D eigenvalue weighted by molar-refractivity contribution is -0.00340. The van der Waals surface area contributed by atoms with Gasteiger partial charge in [0, 0.05) is 26.3 Å². The largest absolute Gasteiger partial charge is 0.381 e. The molecule has 0 aliphatic carbocycles. The van der Waals surface area contributed by atoms with E-state index in [0.717, 1.165) is 26.3 Å². The van der Waals surface area contributed by atoms with E-state index in [1.165, 1.54) is 38.9 Å². The fourth-order valence-corrected chi connectivity index (χ4v) is 2.72. The molecule has 1 aliphatic rings. The first-order valence-electron chi connectivity index (χ1n) is 7.27. The lowest BCUT2D eigenvalue weighted by atomic mass is 9.79. The summed E-state index contributed by atoms with van der Waals surface area (Å²) in [6.07, 6.45) is 3.67. The molecule has 0 bridgehead atoms. The monoisotopic (exact) mass is 242 g/mol. The highest BCUT2D eigenvalue weighted by Crippen LogP contribution is 2.31. The fourth-order valence-electron chi connectivity index (χ4n) is 2.72. The summed E-state index contributed by atoms with van der Waals surface area (Å²) in [7, 11) is 0. The van der Waals surface area contributed by atoms with Crippen molar-refractivity contribution in [3.05, 3.63) is 0 Å². The molecule has 3 nitrogen and oxygen atoms in total. The number of rotatable bonds is 8. The van der Waals surface area contributed by atoms with E-state index in [1.54, 1.807) is 0 Å². The maximum atomic E-state index is 5.53. The maximum Gasteiger partial charge on any atom is 0.0472 e. The number of nitrogens with one attached hydrogen (secondary N) is 1. The van der Waals surface area contributed by atoms with E-state index in [-0.39, 0.29) is 0 Å². The first kappa shape index (κ1) is 14.9. The van der Waals surface area contributed by atoms with Gasteiger partial charge in [-0.1, -0.05) is 20.8 Å². The van der Waals surface area contributed by atoms with Crippen LogP contribution in [0.15, 0.2) is 0 Å². The van der Waals surface area contributed by atoms with Gasteiger partial charge in [0.1, 0.15) is 0 Å². The Hall–Kier alpha value is -0.120. The molecule has 1 rings (SSSR count). The molecule has 1 heterocycles. The molecule has 0 aromatic heterocycles. The summed E-state index contributed by atoms with van der Waals surface area (Å²) >= 11 is 0. The van der Waals surface area contributed by atoms with E-state index in [9.17, 15) is 0 Å². The van der Waals surface area contributed by atoms with Gasteiger partial charge in [0.25, 0.3) is 0 Å². The van der Waals surface area contributed by atoms with Gasteiger partial charge in [-0.2, -0.15) is 0 Å². The Bertz CT molecular complexity index is 191. The van der Waals surface area contributed by atoms with Crippen molar-refractivity contribution >= 4 is 0 Å². The molecule has 1 aliphatic heterocycles. The van der Waals surface area contributed by atoms with Crippen LogP contribution >= 0.6 is 0 Å². The van der Waals surface area contributed by atoms with Crippen molar-refractivity contribution in [3.8, 4) is 0 Å². The van der Waals surface area contributed by atoms with Gasteiger partial charge in [-0.05, 0) is 44.3 Å². The molecule has 0 radical (unpaired) electrons. The molecule has 0 aromatic rings. The molecule has 17 heavy (non-hydrogen) atoms. The molecular formula is C14H30N2O. The topological polar surface area (TPSA) is 24.5 Å². The first-order valence-corrected chi connectivity index (χ1v) is 7.27. The Morgan fingerprint density at radius 3 is 2.41 bits per heavy atom. The van der Waals surface area contributed by atoms with Crippen LogP contribution in [0.5, 0.6) is 0 Å². The molecule has 0 unspecified atom stereocenters. The predicted octanol–water partition coefficient (Wildman–Crippen LogP) is 2.12. The number of ether oxygens (including phenoxy) is 1. The average Bonchev–Trinajstić information content (AvgIpc) is 2.37. The molecule has 1 saturated heterocycles. The van der Waals surface area contributed by atoms with Crippen LogP contribution < -0.4 is 5.32 Å². The smallest absolute Gasteiger partial charge is 0.0472 e. The quantitative estimate of drug-likeness (QED) is 0.705. The Balaban J connectivity index is 2.54. The molecule has 0 spiro atoms. The Kier molecular flexibility index (Phi) is 7.09. The van der Waals surface area contributed by atoms with E-state index in [0.29, 0.717) is 5.41 Å². The second kappa shape index (κ2) is 8.06. The van der Waals surface area contributed by atoms with Gasteiger partial charge < -0.3 is 15.0 Å². The van der Waals surface area contributed by atoms with Crippen molar-refractivity contribution in [2.24, 2.45) is 5.41 Å². The first-order chi connectivity index (χ1) is 8.26. The van der Waals surface area contributed by atoms with Gasteiger partial charge in [0.05, 0.1) is 0 Å². The summed E-state index contributed by atoms with van der Waals surface area (Å²) in [4.78, 5) is 2.60. The van der Waals surface area contributed by atoms with Gasteiger partial charge in [-0.3, -0.25) is 0 Å². The summed E-state index contributed by atoms with van der Waals surface area (Å²) in [6, 6.07) is 0. The van der Waals surface area contributed by atoms with Gasteiger partial charge in [0.15, 0.2) is 0 Å². The predicted molar refractivity (Wildman–Crippen MR) is 73.4 cm³/mol. The van der Waals surface area contributed by atoms with Crippen LogP contribution in [0.4, 0.5) is 0 Å². The molecule has 0 atom stereocenters. The zero-order valence-electron chi connectivity index (χ0n) is 11.9. The zero-order valence-corrected chi connectivity index (χ0v) is 11.9. The number of hydrogen-bond donors (Lipinski definition) is 1. The molecule has 1 N–H and O–H groups in total. The van der Waals surface area contributed by atoms with Crippen molar-refractivity contribution in [2.45, 2.75) is 40.0 Å². The Labute approximate surface area is 107 Å². The van der Waals surface area contributed by atoms with Crippen molar-refractivity contribution in [1.82, 2.24) is 10.2 Å². The fraction of sp³-hybridized carbons (Fsp3) is 1.00. The summed E-state index contributed by atoms with van der Waals surface area (Å²) in [6.45, 7) is 14.5. The number of nitrogens with zero attached hydrogens (tertiary/aromatic N) is 1. The SMILES string of the molecule is CCCN(CC)CC1(CNCC)CCOCC1. The van der Waals surface area contributed by atoms with E-state index < -0.39 is 0 Å². The normalized spacial score (nSPS) is 19.8. The van der Waals surface area contributed by atoms with Gasteiger partial charge in [-0.25, -0.2) is 0 Å². The van der Waals surface area contributed by atoms with Crippen LogP contribution in [0.1, 0.15) is 40.0 Å². The third-order valence-electron chi connectivity index (χ3n) is 3.85. The summed E-state index contributed by atoms with van der Waals surface area (Å²) in [5.74, 6) is 0. The average molecular weight is 242 g/mol. The van der Waals surface area contributed by atoms with E-state index >= 15 is 0 Å². The Morgan fingerprint density at radius 2 is 1.88 bits per heavy atom. The van der Waals surface area contributed by atoms with Gasteiger partial charge >= 0.3 is 0 Å². The molecule has 102 valence electrons. The highest BCUT2D eigenvalue weighted by Gasteiger charge is 2.33. The van der Waals surface area contributed by atoms with Crippen molar-refractivity contribution in [1.29, 1.82) is 0 Å². The molecule has 3 heteroatoms. The van der Waals surface area contributed by atoms with Crippen molar-refractivity contribution in [2.75, 3.05) is 45.9 Å². The van der Waals surface area contributed by atoms with Gasteiger partial charge in [-0.15, -0.1) is 0 Å². The second-order valence-corrected chi connectivity index (χ2v) is 5.26. The highest BCUT2D eigenvalue weighted by molar-refractivity contribution is 4.87. The van der Waals surface area contributed by atoms with Crippen molar-refractivity contribution < 1.29 is 4.74 Å². The van der Waals surface area contributed by atoms with E-state index in [4.69, 9.17) is 4.74 Å². The van der Waals surface area contributed by atoms with E-state index in [1.807, 2.05) is 0 Å². The molecule has 0 amide bonds. The molecule has 0 saturated carbocycles. The molecular weight excluding hydrogens is 212 g/mol. The molecule has 0 aromatic carbocycles. The van der Waals surface area contributed by atoms with E-state index in [2.05, 4.69) is 31.0 Å².